The van der Waals surface area contributed by atoms with Crippen molar-refractivity contribution in [2.45, 2.75) is 25.3 Å². The van der Waals surface area contributed by atoms with E-state index >= 15 is 0 Å². The van der Waals surface area contributed by atoms with Gasteiger partial charge in [0, 0.05) is 25.7 Å². The normalized spacial score (nSPS) is 22.8. The van der Waals surface area contributed by atoms with Crippen molar-refractivity contribution >= 4 is 18.2 Å². The summed E-state index contributed by atoms with van der Waals surface area (Å²) in [5.41, 5.74) is 0. The highest BCUT2D eigenvalue weighted by Crippen LogP contribution is 2.37. The maximum absolute atomic E-state index is 5.32. The molecule has 0 atom stereocenters. The molecule has 94 valence electrons. The summed E-state index contributed by atoms with van der Waals surface area (Å²) in [6.07, 6.45) is 3.68. The van der Waals surface area contributed by atoms with Gasteiger partial charge in [-0.05, 0) is 45.1 Å². The van der Waals surface area contributed by atoms with Gasteiger partial charge in [0.05, 0.1) is 0 Å². The van der Waals surface area contributed by atoms with Crippen molar-refractivity contribution in [3.8, 4) is 0 Å². The molecule has 1 saturated carbocycles. The Morgan fingerprint density at radius 2 is 2.06 bits per heavy atom. The molecule has 6 heteroatoms. The van der Waals surface area contributed by atoms with Gasteiger partial charge in [0.2, 0.25) is 5.95 Å². The minimum Gasteiger partial charge on any atom is -0.340 e. The average molecular weight is 253 g/mol. The van der Waals surface area contributed by atoms with Crippen LogP contribution in [0.2, 0.25) is 0 Å². The lowest BCUT2D eigenvalue weighted by molar-refractivity contribution is 0.360. The van der Waals surface area contributed by atoms with Crippen LogP contribution in [0, 0.1) is 4.77 Å². The number of hydrogen-bond acceptors (Lipinski definition) is 4. The molecule has 2 aliphatic rings. The number of hydrogen-bond donors (Lipinski definition) is 1. The smallest absolute Gasteiger partial charge is 0.226 e. The third-order valence-corrected chi connectivity index (χ3v) is 3.89. The maximum atomic E-state index is 5.32. The molecule has 3 rings (SSSR count). The molecule has 1 N–H and O–H groups in total. The van der Waals surface area contributed by atoms with Gasteiger partial charge in [-0.3, -0.25) is 4.57 Å². The molecular formula is C11H19N5S. The van der Waals surface area contributed by atoms with Gasteiger partial charge in [-0.15, -0.1) is 5.10 Å². The van der Waals surface area contributed by atoms with Crippen LogP contribution in [0.25, 0.3) is 0 Å². The van der Waals surface area contributed by atoms with E-state index in [1.807, 2.05) is 0 Å². The Labute approximate surface area is 106 Å². The minimum atomic E-state index is 0.595. The predicted molar refractivity (Wildman–Crippen MR) is 70.0 cm³/mol. The second-order valence-corrected chi connectivity index (χ2v) is 5.46. The van der Waals surface area contributed by atoms with Crippen LogP contribution >= 0.6 is 12.2 Å². The van der Waals surface area contributed by atoms with Crippen LogP contribution in [0.3, 0.4) is 0 Å². The molecule has 1 aromatic rings. The van der Waals surface area contributed by atoms with Crippen LogP contribution in [-0.2, 0) is 0 Å². The van der Waals surface area contributed by atoms with Crippen LogP contribution < -0.4 is 4.90 Å². The highest BCUT2D eigenvalue weighted by atomic mass is 32.1. The molecule has 5 nitrogen and oxygen atoms in total. The molecule has 1 aliphatic carbocycles. The third-order valence-electron chi connectivity index (χ3n) is 3.60. The maximum Gasteiger partial charge on any atom is 0.226 e. The summed E-state index contributed by atoms with van der Waals surface area (Å²) >= 11 is 5.32. The molecular weight excluding hydrogens is 234 g/mol. The Balaban J connectivity index is 1.85. The van der Waals surface area contributed by atoms with E-state index in [1.165, 1.54) is 25.8 Å². The van der Waals surface area contributed by atoms with Crippen molar-refractivity contribution in [3.05, 3.63) is 4.77 Å². The highest BCUT2D eigenvalue weighted by molar-refractivity contribution is 7.71. The average Bonchev–Trinajstić information content (AvgIpc) is 3.09. The zero-order valence-corrected chi connectivity index (χ0v) is 11.0. The first-order valence-corrected chi connectivity index (χ1v) is 6.77. The van der Waals surface area contributed by atoms with Gasteiger partial charge in [-0.2, -0.15) is 0 Å². The summed E-state index contributed by atoms with van der Waals surface area (Å²) in [5.74, 6) is 1.05. The molecule has 0 radical (unpaired) electrons. The fourth-order valence-electron chi connectivity index (χ4n) is 2.43. The van der Waals surface area contributed by atoms with E-state index in [-0.39, 0.29) is 0 Å². The Hall–Kier alpha value is -0.880. The van der Waals surface area contributed by atoms with Crippen LogP contribution in [0.1, 0.15) is 25.3 Å². The molecule has 2 fully saturated rings. The third kappa shape index (κ3) is 2.24. The summed E-state index contributed by atoms with van der Waals surface area (Å²) in [6, 6.07) is 0.595. The summed E-state index contributed by atoms with van der Waals surface area (Å²) in [6.45, 7) is 4.40. The van der Waals surface area contributed by atoms with E-state index in [9.17, 15) is 0 Å². The zero-order chi connectivity index (χ0) is 11.8. The quantitative estimate of drug-likeness (QED) is 0.809. The lowest BCUT2D eigenvalue weighted by atomic mass is 10.4. The number of anilines is 1. The Morgan fingerprint density at radius 3 is 2.82 bits per heavy atom. The Kier molecular flexibility index (Phi) is 2.92. The lowest BCUT2D eigenvalue weighted by Crippen LogP contribution is -2.30. The number of aromatic nitrogens is 3. The molecule has 17 heavy (non-hydrogen) atoms. The van der Waals surface area contributed by atoms with Gasteiger partial charge in [-0.25, -0.2) is 5.10 Å². The Bertz CT molecular complexity index is 447. The molecule has 0 spiro atoms. The highest BCUT2D eigenvalue weighted by Gasteiger charge is 2.29. The number of H-pyrrole nitrogens is 1. The second-order valence-electron chi connectivity index (χ2n) is 5.07. The van der Waals surface area contributed by atoms with Crippen LogP contribution in [0.15, 0.2) is 0 Å². The molecule has 1 aliphatic heterocycles. The first-order chi connectivity index (χ1) is 8.25. The molecule has 0 aromatic carbocycles. The fourth-order valence-corrected chi connectivity index (χ4v) is 2.70. The number of rotatable bonds is 2. The fraction of sp³-hybridized carbons (Fsp3) is 0.818. The van der Waals surface area contributed by atoms with Crippen LogP contribution in [-0.4, -0.2) is 52.9 Å². The van der Waals surface area contributed by atoms with Gasteiger partial charge < -0.3 is 9.80 Å². The van der Waals surface area contributed by atoms with Gasteiger partial charge in [-0.1, -0.05) is 0 Å². The molecule has 1 aromatic heterocycles. The first-order valence-electron chi connectivity index (χ1n) is 6.36. The number of nitrogens with one attached hydrogen (secondary N) is 1. The van der Waals surface area contributed by atoms with E-state index < -0.39 is 0 Å². The number of nitrogens with zero attached hydrogens (tertiary/aromatic N) is 4. The van der Waals surface area contributed by atoms with Gasteiger partial charge >= 0.3 is 0 Å². The van der Waals surface area contributed by atoms with Crippen molar-refractivity contribution in [2.75, 3.05) is 38.1 Å². The number of likely N-dealkylation sites (N-methyl/N-ethyl adjacent to an activating group) is 1. The minimum absolute atomic E-state index is 0.595. The first kappa shape index (κ1) is 11.2. The van der Waals surface area contributed by atoms with Gasteiger partial charge in [0.1, 0.15) is 0 Å². The van der Waals surface area contributed by atoms with E-state index in [0.717, 1.165) is 30.4 Å². The van der Waals surface area contributed by atoms with E-state index in [4.69, 9.17) is 12.2 Å². The molecule has 2 heterocycles. The van der Waals surface area contributed by atoms with Gasteiger partial charge in [0.15, 0.2) is 4.77 Å². The molecule has 0 unspecified atom stereocenters. The zero-order valence-electron chi connectivity index (χ0n) is 10.2. The monoisotopic (exact) mass is 253 g/mol. The summed E-state index contributed by atoms with van der Waals surface area (Å²) in [7, 11) is 2.18. The van der Waals surface area contributed by atoms with Crippen molar-refractivity contribution in [1.82, 2.24) is 19.7 Å². The molecule has 1 saturated heterocycles. The van der Waals surface area contributed by atoms with E-state index in [0.29, 0.717) is 6.04 Å². The summed E-state index contributed by atoms with van der Waals surface area (Å²) < 4.78 is 2.99. The van der Waals surface area contributed by atoms with E-state index in [2.05, 4.69) is 31.6 Å². The molecule has 0 bridgehead atoms. The largest absolute Gasteiger partial charge is 0.340 e. The van der Waals surface area contributed by atoms with Gasteiger partial charge in [0.25, 0.3) is 0 Å². The van der Waals surface area contributed by atoms with Crippen molar-refractivity contribution in [3.63, 3.8) is 0 Å². The number of aromatic amines is 1. The van der Waals surface area contributed by atoms with Crippen molar-refractivity contribution in [2.24, 2.45) is 0 Å². The second kappa shape index (κ2) is 4.42. The topological polar surface area (TPSA) is 40.1 Å². The van der Waals surface area contributed by atoms with Crippen molar-refractivity contribution in [1.29, 1.82) is 0 Å². The van der Waals surface area contributed by atoms with E-state index in [1.54, 1.807) is 0 Å². The molecule has 0 amide bonds. The van der Waals surface area contributed by atoms with Crippen LogP contribution in [0.5, 0.6) is 0 Å². The SMILES string of the molecule is CN1CCCN(c2n[nH]c(=S)n2C2CC2)CC1. The lowest BCUT2D eigenvalue weighted by Gasteiger charge is -2.21. The van der Waals surface area contributed by atoms with Crippen molar-refractivity contribution < 1.29 is 0 Å². The summed E-state index contributed by atoms with van der Waals surface area (Å²) in [5, 5.41) is 7.37. The summed E-state index contributed by atoms with van der Waals surface area (Å²) in [4.78, 5) is 4.75. The predicted octanol–water partition coefficient (Wildman–Crippen LogP) is 1.42. The Morgan fingerprint density at radius 1 is 1.24 bits per heavy atom. The standard InChI is InChI=1S/C11H19N5S/c1-14-5-2-6-15(8-7-14)10-12-13-11(17)16(10)9-3-4-9/h9H,2-8H2,1H3,(H,13,17). The van der Waals surface area contributed by atoms with Crippen LogP contribution in [0.4, 0.5) is 5.95 Å².